The topological polar surface area (TPSA) is 62.3 Å². The summed E-state index contributed by atoms with van der Waals surface area (Å²) in [6, 6.07) is 5.67. The second kappa shape index (κ2) is 6.27. The van der Waals surface area contributed by atoms with Crippen molar-refractivity contribution >= 4 is 28.8 Å². The highest BCUT2D eigenvalue weighted by Gasteiger charge is 2.22. The summed E-state index contributed by atoms with van der Waals surface area (Å²) in [5.41, 5.74) is 1.69. The molecule has 0 spiro atoms. The lowest BCUT2D eigenvalue weighted by atomic mass is 10.2. The van der Waals surface area contributed by atoms with E-state index in [0.29, 0.717) is 17.8 Å². The van der Waals surface area contributed by atoms with Crippen molar-refractivity contribution in [2.45, 2.75) is 26.3 Å². The number of hydrogen-bond donors (Lipinski definition) is 1. The van der Waals surface area contributed by atoms with Crippen molar-refractivity contribution in [3.8, 4) is 0 Å². The Labute approximate surface area is 133 Å². The molecule has 1 N–H and O–H groups in total. The van der Waals surface area contributed by atoms with Gasteiger partial charge in [-0.1, -0.05) is 0 Å². The molecule has 0 radical (unpaired) electrons. The van der Waals surface area contributed by atoms with Crippen LogP contribution in [0.5, 0.6) is 0 Å². The molecule has 0 aliphatic carbocycles. The molecule has 1 fully saturated rings. The first-order chi connectivity index (χ1) is 10.6. The van der Waals surface area contributed by atoms with Gasteiger partial charge in [-0.2, -0.15) is 0 Å². The minimum Gasteiger partial charge on any atom is -0.347 e. The Bertz CT molecular complexity index is 711. The van der Waals surface area contributed by atoms with Gasteiger partial charge in [0.2, 0.25) is 5.91 Å². The summed E-state index contributed by atoms with van der Waals surface area (Å²) in [5.74, 6) is 0.0535. The highest BCUT2D eigenvalue weighted by atomic mass is 32.1. The molecule has 0 unspecified atom stereocenters. The third-order valence-corrected chi connectivity index (χ3v) is 4.58. The standard InChI is InChI=1S/C16H17N3O2S/c1-11-4-5-14(22-11)16(21)18-9-12-7-13(10-17-8-12)19-6-2-3-15(19)20/h4-5,7-8,10H,2-3,6,9H2,1H3,(H,18,21). The van der Waals surface area contributed by atoms with Crippen LogP contribution in [0.25, 0.3) is 0 Å². The van der Waals surface area contributed by atoms with Crippen LogP contribution >= 0.6 is 11.3 Å². The number of pyridine rings is 1. The van der Waals surface area contributed by atoms with Gasteiger partial charge < -0.3 is 10.2 Å². The SMILES string of the molecule is Cc1ccc(C(=O)NCc2cncc(N3CCCC3=O)c2)s1. The number of hydrogen-bond acceptors (Lipinski definition) is 4. The van der Waals surface area contributed by atoms with Crippen LogP contribution in [0.15, 0.2) is 30.6 Å². The quantitative estimate of drug-likeness (QED) is 0.943. The lowest BCUT2D eigenvalue weighted by molar-refractivity contribution is -0.117. The molecular formula is C16H17N3O2S. The van der Waals surface area contributed by atoms with Gasteiger partial charge in [-0.15, -0.1) is 11.3 Å². The monoisotopic (exact) mass is 315 g/mol. The average Bonchev–Trinajstić information content (AvgIpc) is 3.13. The Morgan fingerprint density at radius 2 is 2.27 bits per heavy atom. The van der Waals surface area contributed by atoms with Crippen LogP contribution in [0, 0.1) is 6.92 Å². The Balaban J connectivity index is 1.65. The van der Waals surface area contributed by atoms with E-state index in [1.54, 1.807) is 17.3 Å². The van der Waals surface area contributed by atoms with Crippen molar-refractivity contribution in [3.63, 3.8) is 0 Å². The lowest BCUT2D eigenvalue weighted by Gasteiger charge is -2.16. The van der Waals surface area contributed by atoms with Gasteiger partial charge >= 0.3 is 0 Å². The van der Waals surface area contributed by atoms with Gasteiger partial charge in [0.1, 0.15) is 0 Å². The Morgan fingerprint density at radius 1 is 1.41 bits per heavy atom. The molecule has 3 heterocycles. The van der Waals surface area contributed by atoms with Crippen LogP contribution in [-0.4, -0.2) is 23.3 Å². The third-order valence-electron chi connectivity index (χ3n) is 3.58. The fourth-order valence-corrected chi connectivity index (χ4v) is 3.25. The number of aryl methyl sites for hydroxylation is 1. The van der Waals surface area contributed by atoms with E-state index in [0.717, 1.165) is 29.1 Å². The van der Waals surface area contributed by atoms with Gasteiger partial charge in [-0.3, -0.25) is 14.6 Å². The van der Waals surface area contributed by atoms with Crippen LogP contribution < -0.4 is 10.2 Å². The summed E-state index contributed by atoms with van der Waals surface area (Å²) < 4.78 is 0. The number of carbonyl (C=O) groups excluding carboxylic acids is 2. The molecule has 22 heavy (non-hydrogen) atoms. The second-order valence-electron chi connectivity index (χ2n) is 5.29. The van der Waals surface area contributed by atoms with Crippen LogP contribution in [0.3, 0.4) is 0 Å². The van der Waals surface area contributed by atoms with Crippen molar-refractivity contribution in [1.29, 1.82) is 0 Å². The van der Waals surface area contributed by atoms with Crippen molar-refractivity contribution in [1.82, 2.24) is 10.3 Å². The van der Waals surface area contributed by atoms with Crippen LogP contribution in [-0.2, 0) is 11.3 Å². The van der Waals surface area contributed by atoms with Gasteiger partial charge in [0.05, 0.1) is 16.8 Å². The summed E-state index contributed by atoms with van der Waals surface area (Å²) in [7, 11) is 0. The first-order valence-electron chi connectivity index (χ1n) is 7.22. The predicted octanol–water partition coefficient (Wildman–Crippen LogP) is 2.51. The second-order valence-corrected chi connectivity index (χ2v) is 6.58. The zero-order chi connectivity index (χ0) is 15.5. The molecule has 3 rings (SSSR count). The zero-order valence-electron chi connectivity index (χ0n) is 12.3. The minimum atomic E-state index is -0.0826. The van der Waals surface area contributed by atoms with E-state index in [-0.39, 0.29) is 11.8 Å². The van der Waals surface area contributed by atoms with E-state index in [1.807, 2.05) is 25.1 Å². The zero-order valence-corrected chi connectivity index (χ0v) is 13.2. The molecule has 114 valence electrons. The first kappa shape index (κ1) is 14.7. The molecule has 2 aromatic rings. The molecule has 0 atom stereocenters. The van der Waals surface area contributed by atoms with Gasteiger partial charge in [0.15, 0.2) is 0 Å². The molecule has 0 aromatic carbocycles. The number of carbonyl (C=O) groups is 2. The summed E-state index contributed by atoms with van der Waals surface area (Å²) in [4.78, 5) is 31.6. The Kier molecular flexibility index (Phi) is 4.20. The smallest absolute Gasteiger partial charge is 0.261 e. The lowest BCUT2D eigenvalue weighted by Crippen LogP contribution is -2.25. The predicted molar refractivity (Wildman–Crippen MR) is 86.1 cm³/mol. The maximum Gasteiger partial charge on any atom is 0.261 e. The van der Waals surface area contributed by atoms with E-state index in [1.165, 1.54) is 11.3 Å². The van der Waals surface area contributed by atoms with Gasteiger partial charge in [-0.25, -0.2) is 0 Å². The maximum atomic E-state index is 12.0. The molecule has 0 bridgehead atoms. The van der Waals surface area contributed by atoms with Crippen molar-refractivity contribution in [2.75, 3.05) is 11.4 Å². The van der Waals surface area contributed by atoms with Crippen molar-refractivity contribution < 1.29 is 9.59 Å². The Morgan fingerprint density at radius 3 is 2.95 bits per heavy atom. The number of amides is 2. The molecule has 1 saturated heterocycles. The van der Waals surface area contributed by atoms with E-state index < -0.39 is 0 Å². The van der Waals surface area contributed by atoms with Crippen LogP contribution in [0.1, 0.15) is 33.0 Å². The van der Waals surface area contributed by atoms with E-state index >= 15 is 0 Å². The molecule has 0 saturated carbocycles. The number of anilines is 1. The minimum absolute atomic E-state index is 0.0826. The summed E-state index contributed by atoms with van der Waals surface area (Å²) in [5, 5.41) is 2.89. The molecule has 6 heteroatoms. The van der Waals surface area contributed by atoms with E-state index in [2.05, 4.69) is 10.3 Å². The number of thiophene rings is 1. The molecule has 2 amide bonds. The largest absolute Gasteiger partial charge is 0.347 e. The van der Waals surface area contributed by atoms with Crippen LogP contribution in [0.2, 0.25) is 0 Å². The summed E-state index contributed by atoms with van der Waals surface area (Å²) in [6.45, 7) is 3.12. The normalized spacial score (nSPS) is 14.4. The fourth-order valence-electron chi connectivity index (χ4n) is 2.47. The molecule has 2 aromatic heterocycles. The third kappa shape index (κ3) is 3.17. The molecule has 1 aliphatic rings. The number of rotatable bonds is 4. The van der Waals surface area contributed by atoms with Gasteiger partial charge in [-0.05, 0) is 37.1 Å². The van der Waals surface area contributed by atoms with Gasteiger partial charge in [0.25, 0.3) is 5.91 Å². The number of nitrogens with zero attached hydrogens (tertiary/aromatic N) is 2. The number of aromatic nitrogens is 1. The molecule has 5 nitrogen and oxygen atoms in total. The molecular weight excluding hydrogens is 298 g/mol. The Hall–Kier alpha value is -2.21. The van der Waals surface area contributed by atoms with E-state index in [4.69, 9.17) is 0 Å². The summed E-state index contributed by atoms with van der Waals surface area (Å²) in [6.07, 6.45) is 4.89. The van der Waals surface area contributed by atoms with Crippen LogP contribution in [0.4, 0.5) is 5.69 Å². The van der Waals surface area contributed by atoms with Gasteiger partial charge in [0, 0.05) is 30.6 Å². The highest BCUT2D eigenvalue weighted by Crippen LogP contribution is 2.21. The maximum absolute atomic E-state index is 12.0. The van der Waals surface area contributed by atoms with Crippen molar-refractivity contribution in [3.05, 3.63) is 45.9 Å². The van der Waals surface area contributed by atoms with Crippen molar-refractivity contribution in [2.24, 2.45) is 0 Å². The van der Waals surface area contributed by atoms with E-state index in [9.17, 15) is 9.59 Å². The first-order valence-corrected chi connectivity index (χ1v) is 8.04. The molecule has 1 aliphatic heterocycles. The fraction of sp³-hybridized carbons (Fsp3) is 0.312. The number of nitrogens with one attached hydrogen (secondary N) is 1. The average molecular weight is 315 g/mol. The highest BCUT2D eigenvalue weighted by molar-refractivity contribution is 7.13. The summed E-state index contributed by atoms with van der Waals surface area (Å²) >= 11 is 1.47.